The van der Waals surface area contributed by atoms with E-state index in [1.165, 1.54) is 0 Å². The van der Waals surface area contributed by atoms with Gasteiger partial charge >= 0.3 is 0 Å². The number of aromatic nitrogens is 2. The maximum atomic E-state index is 4.67. The average molecular weight is 312 g/mol. The Hall–Kier alpha value is -2.10. The van der Waals surface area contributed by atoms with E-state index in [4.69, 9.17) is 0 Å². The van der Waals surface area contributed by atoms with Crippen molar-refractivity contribution >= 4 is 11.8 Å². The molecule has 1 heterocycles. The Kier molecular flexibility index (Phi) is 6.39. The summed E-state index contributed by atoms with van der Waals surface area (Å²) in [6.45, 7) is 10.6. The molecular weight excluding hydrogens is 284 g/mol. The van der Waals surface area contributed by atoms with Crippen LogP contribution in [0.3, 0.4) is 0 Å². The molecule has 4 heteroatoms. The van der Waals surface area contributed by atoms with E-state index < -0.39 is 0 Å². The van der Waals surface area contributed by atoms with Gasteiger partial charge in [-0.1, -0.05) is 58.0 Å². The molecule has 0 atom stereocenters. The van der Waals surface area contributed by atoms with Gasteiger partial charge in [-0.15, -0.1) is 0 Å². The van der Waals surface area contributed by atoms with Gasteiger partial charge < -0.3 is 10.6 Å². The van der Waals surface area contributed by atoms with E-state index >= 15 is 0 Å². The van der Waals surface area contributed by atoms with E-state index in [0.29, 0.717) is 17.8 Å². The van der Waals surface area contributed by atoms with Crippen molar-refractivity contribution in [2.45, 2.75) is 34.1 Å². The summed E-state index contributed by atoms with van der Waals surface area (Å²) in [5, 5.41) is 6.75. The first kappa shape index (κ1) is 17.3. The highest BCUT2D eigenvalue weighted by Crippen LogP contribution is 2.21. The van der Waals surface area contributed by atoms with Crippen LogP contribution >= 0.6 is 0 Å². The second-order valence-electron chi connectivity index (χ2n) is 6.71. The smallest absolute Gasteiger partial charge is 0.225 e. The van der Waals surface area contributed by atoms with Gasteiger partial charge in [0.1, 0.15) is 5.82 Å². The number of anilines is 2. The van der Waals surface area contributed by atoms with Gasteiger partial charge in [-0.3, -0.25) is 0 Å². The first-order chi connectivity index (χ1) is 11.0. The highest BCUT2D eigenvalue weighted by molar-refractivity contribution is 5.64. The molecule has 1 aromatic carbocycles. The summed E-state index contributed by atoms with van der Waals surface area (Å²) in [6.07, 6.45) is 1.10. The minimum Gasteiger partial charge on any atom is -0.370 e. The summed E-state index contributed by atoms with van der Waals surface area (Å²) in [6, 6.07) is 12.3. The largest absolute Gasteiger partial charge is 0.370 e. The van der Waals surface area contributed by atoms with E-state index in [-0.39, 0.29) is 0 Å². The summed E-state index contributed by atoms with van der Waals surface area (Å²) in [7, 11) is 0. The molecule has 2 N–H and O–H groups in total. The highest BCUT2D eigenvalue weighted by Gasteiger charge is 2.07. The van der Waals surface area contributed by atoms with Crippen LogP contribution in [0.4, 0.5) is 11.8 Å². The van der Waals surface area contributed by atoms with E-state index in [2.05, 4.69) is 60.4 Å². The third kappa shape index (κ3) is 5.89. The summed E-state index contributed by atoms with van der Waals surface area (Å²) in [5.41, 5.74) is 2.05. The van der Waals surface area contributed by atoms with Gasteiger partial charge in [-0.2, -0.15) is 4.98 Å². The van der Waals surface area contributed by atoms with Crippen molar-refractivity contribution in [2.24, 2.45) is 11.8 Å². The number of rotatable bonds is 8. The van der Waals surface area contributed by atoms with Crippen LogP contribution in [-0.4, -0.2) is 23.1 Å². The quantitative estimate of drug-likeness (QED) is 0.743. The van der Waals surface area contributed by atoms with Gasteiger partial charge in [0, 0.05) is 24.7 Å². The Labute approximate surface area is 139 Å². The van der Waals surface area contributed by atoms with Gasteiger partial charge in [-0.25, -0.2) is 4.98 Å². The molecule has 124 valence electrons. The van der Waals surface area contributed by atoms with Crippen molar-refractivity contribution in [1.29, 1.82) is 0 Å². The lowest BCUT2D eigenvalue weighted by molar-refractivity contribution is 0.606. The van der Waals surface area contributed by atoms with Crippen LogP contribution in [-0.2, 0) is 0 Å². The zero-order chi connectivity index (χ0) is 16.7. The van der Waals surface area contributed by atoms with Crippen LogP contribution in [0.15, 0.2) is 36.4 Å². The zero-order valence-electron chi connectivity index (χ0n) is 14.6. The van der Waals surface area contributed by atoms with Gasteiger partial charge in [0.25, 0.3) is 0 Å². The summed E-state index contributed by atoms with van der Waals surface area (Å²) in [4.78, 5) is 9.26. The van der Waals surface area contributed by atoms with Crippen molar-refractivity contribution in [3.63, 3.8) is 0 Å². The van der Waals surface area contributed by atoms with Crippen molar-refractivity contribution in [2.75, 3.05) is 23.7 Å². The van der Waals surface area contributed by atoms with Crippen LogP contribution < -0.4 is 10.6 Å². The van der Waals surface area contributed by atoms with Crippen LogP contribution in [0, 0.1) is 11.8 Å². The number of benzene rings is 1. The van der Waals surface area contributed by atoms with E-state index in [0.717, 1.165) is 36.6 Å². The van der Waals surface area contributed by atoms with E-state index in [1.807, 2.05) is 24.3 Å². The maximum absolute atomic E-state index is 4.67. The van der Waals surface area contributed by atoms with Crippen LogP contribution in [0.5, 0.6) is 0 Å². The first-order valence-corrected chi connectivity index (χ1v) is 8.47. The monoisotopic (exact) mass is 312 g/mol. The molecule has 23 heavy (non-hydrogen) atoms. The predicted octanol–water partition coefficient (Wildman–Crippen LogP) is 4.67. The number of hydrogen-bond donors (Lipinski definition) is 2. The Morgan fingerprint density at radius 3 is 2.30 bits per heavy atom. The molecule has 0 unspecified atom stereocenters. The van der Waals surface area contributed by atoms with Crippen molar-refractivity contribution in [1.82, 2.24) is 9.97 Å². The third-order valence-electron chi connectivity index (χ3n) is 3.49. The molecule has 2 aromatic rings. The molecule has 0 aliphatic rings. The number of hydrogen-bond acceptors (Lipinski definition) is 4. The summed E-state index contributed by atoms with van der Waals surface area (Å²) < 4.78 is 0. The molecule has 0 saturated heterocycles. The fourth-order valence-corrected chi connectivity index (χ4v) is 2.15. The highest BCUT2D eigenvalue weighted by atomic mass is 15.1. The minimum atomic E-state index is 0.572. The number of nitrogens with one attached hydrogen (secondary N) is 2. The number of nitrogens with zero attached hydrogens (tertiary/aromatic N) is 2. The summed E-state index contributed by atoms with van der Waals surface area (Å²) in [5.74, 6) is 2.80. The SMILES string of the molecule is CC(C)CCNc1nc(NCC(C)C)cc(-c2ccccc2)n1. The van der Waals surface area contributed by atoms with Crippen molar-refractivity contribution < 1.29 is 0 Å². The molecular formula is C19H28N4. The fraction of sp³-hybridized carbons (Fsp3) is 0.474. The molecule has 0 saturated carbocycles. The van der Waals surface area contributed by atoms with Gasteiger partial charge in [0.2, 0.25) is 5.95 Å². The lowest BCUT2D eigenvalue weighted by Gasteiger charge is -2.13. The molecule has 0 bridgehead atoms. The van der Waals surface area contributed by atoms with Gasteiger partial charge in [-0.05, 0) is 18.3 Å². The molecule has 0 aliphatic heterocycles. The maximum Gasteiger partial charge on any atom is 0.225 e. The standard InChI is InChI=1S/C19H28N4/c1-14(2)10-11-20-19-22-17(16-8-6-5-7-9-16)12-18(23-19)21-13-15(3)4/h5-9,12,14-15H,10-11,13H2,1-4H3,(H2,20,21,22,23). The lowest BCUT2D eigenvalue weighted by atomic mass is 10.1. The average Bonchev–Trinajstić information content (AvgIpc) is 2.53. The molecule has 0 spiro atoms. The molecule has 0 radical (unpaired) electrons. The van der Waals surface area contributed by atoms with Crippen LogP contribution in [0.2, 0.25) is 0 Å². The van der Waals surface area contributed by atoms with Crippen LogP contribution in [0.1, 0.15) is 34.1 Å². The Balaban J connectivity index is 2.20. The topological polar surface area (TPSA) is 49.8 Å². The van der Waals surface area contributed by atoms with Gasteiger partial charge in [0.15, 0.2) is 0 Å². The third-order valence-corrected chi connectivity index (χ3v) is 3.49. The Morgan fingerprint density at radius 1 is 0.913 bits per heavy atom. The van der Waals surface area contributed by atoms with Gasteiger partial charge in [0.05, 0.1) is 5.69 Å². The van der Waals surface area contributed by atoms with Crippen LogP contribution in [0.25, 0.3) is 11.3 Å². The molecule has 0 fully saturated rings. The normalized spacial score (nSPS) is 11.0. The Morgan fingerprint density at radius 2 is 1.65 bits per heavy atom. The second-order valence-corrected chi connectivity index (χ2v) is 6.71. The minimum absolute atomic E-state index is 0.572. The predicted molar refractivity (Wildman–Crippen MR) is 98.7 cm³/mol. The fourth-order valence-electron chi connectivity index (χ4n) is 2.15. The summed E-state index contributed by atoms with van der Waals surface area (Å²) >= 11 is 0. The molecule has 0 amide bonds. The molecule has 0 aliphatic carbocycles. The second kappa shape index (κ2) is 8.51. The first-order valence-electron chi connectivity index (χ1n) is 8.47. The Bertz CT molecular complexity index is 594. The van der Waals surface area contributed by atoms with E-state index in [1.54, 1.807) is 0 Å². The zero-order valence-corrected chi connectivity index (χ0v) is 14.6. The molecule has 2 rings (SSSR count). The molecule has 1 aromatic heterocycles. The lowest BCUT2D eigenvalue weighted by Crippen LogP contribution is -2.12. The van der Waals surface area contributed by atoms with Crippen molar-refractivity contribution in [3.05, 3.63) is 36.4 Å². The van der Waals surface area contributed by atoms with Crippen molar-refractivity contribution in [3.8, 4) is 11.3 Å². The van der Waals surface area contributed by atoms with E-state index in [9.17, 15) is 0 Å². The molecule has 4 nitrogen and oxygen atoms in total.